The SMILES string of the molecule is Cc1ccnc(NC2CC(C(=O)O)CC2O)c1C#N. The van der Waals surface area contributed by atoms with E-state index in [1.807, 2.05) is 0 Å². The molecule has 0 amide bonds. The van der Waals surface area contributed by atoms with Crippen LogP contribution in [0.4, 0.5) is 5.82 Å². The van der Waals surface area contributed by atoms with Crippen LogP contribution in [0.3, 0.4) is 0 Å². The van der Waals surface area contributed by atoms with Gasteiger partial charge >= 0.3 is 5.97 Å². The van der Waals surface area contributed by atoms with Crippen LogP contribution in [-0.2, 0) is 4.79 Å². The van der Waals surface area contributed by atoms with Gasteiger partial charge in [-0.05, 0) is 31.4 Å². The molecule has 1 aromatic heterocycles. The van der Waals surface area contributed by atoms with Crippen molar-refractivity contribution in [3.63, 3.8) is 0 Å². The summed E-state index contributed by atoms with van der Waals surface area (Å²) in [6.45, 7) is 1.80. The highest BCUT2D eigenvalue weighted by molar-refractivity contribution is 5.71. The molecule has 1 aromatic rings. The molecule has 1 aliphatic rings. The Morgan fingerprint density at radius 1 is 1.58 bits per heavy atom. The minimum absolute atomic E-state index is 0.223. The number of pyridine rings is 1. The molecule has 6 nitrogen and oxygen atoms in total. The zero-order valence-corrected chi connectivity index (χ0v) is 10.5. The summed E-state index contributed by atoms with van der Waals surface area (Å²) in [5, 5.41) is 30.9. The van der Waals surface area contributed by atoms with Crippen LogP contribution in [0.15, 0.2) is 12.3 Å². The quantitative estimate of drug-likeness (QED) is 0.746. The van der Waals surface area contributed by atoms with Gasteiger partial charge in [0.2, 0.25) is 0 Å². The molecule has 6 heteroatoms. The second-order valence-electron chi connectivity index (χ2n) is 4.79. The number of hydrogen-bond donors (Lipinski definition) is 3. The lowest BCUT2D eigenvalue weighted by Crippen LogP contribution is -2.29. The molecular formula is C13H15N3O3. The average Bonchev–Trinajstić information content (AvgIpc) is 2.72. The van der Waals surface area contributed by atoms with E-state index in [0.717, 1.165) is 5.56 Å². The van der Waals surface area contributed by atoms with Crippen molar-refractivity contribution in [2.75, 3.05) is 5.32 Å². The lowest BCUT2D eigenvalue weighted by Gasteiger charge is -2.18. The first-order valence-electron chi connectivity index (χ1n) is 6.06. The second kappa shape index (κ2) is 5.24. The summed E-state index contributed by atoms with van der Waals surface area (Å²) in [5.74, 6) is -1.05. The lowest BCUT2D eigenvalue weighted by atomic mass is 10.1. The third-order valence-corrected chi connectivity index (χ3v) is 3.47. The molecule has 2 rings (SSSR count). The number of aliphatic hydroxyl groups is 1. The van der Waals surface area contributed by atoms with Gasteiger partial charge in [-0.2, -0.15) is 5.26 Å². The van der Waals surface area contributed by atoms with Crippen molar-refractivity contribution in [2.45, 2.75) is 31.9 Å². The molecule has 0 aromatic carbocycles. The number of rotatable bonds is 3. The minimum Gasteiger partial charge on any atom is -0.481 e. The smallest absolute Gasteiger partial charge is 0.306 e. The van der Waals surface area contributed by atoms with Crippen LogP contribution in [0.2, 0.25) is 0 Å². The van der Waals surface area contributed by atoms with Gasteiger partial charge in [0.1, 0.15) is 11.9 Å². The maximum Gasteiger partial charge on any atom is 0.306 e. The largest absolute Gasteiger partial charge is 0.481 e. The van der Waals surface area contributed by atoms with Gasteiger partial charge in [-0.15, -0.1) is 0 Å². The third kappa shape index (κ3) is 2.66. The van der Waals surface area contributed by atoms with E-state index >= 15 is 0 Å². The van der Waals surface area contributed by atoms with E-state index in [-0.39, 0.29) is 12.5 Å². The molecule has 0 saturated heterocycles. The van der Waals surface area contributed by atoms with Crippen molar-refractivity contribution >= 4 is 11.8 Å². The maximum absolute atomic E-state index is 10.9. The summed E-state index contributed by atoms with van der Waals surface area (Å²) in [7, 11) is 0. The topological polar surface area (TPSA) is 106 Å². The molecule has 1 heterocycles. The third-order valence-electron chi connectivity index (χ3n) is 3.47. The molecule has 0 radical (unpaired) electrons. The van der Waals surface area contributed by atoms with Crippen LogP contribution in [0.5, 0.6) is 0 Å². The molecule has 0 bridgehead atoms. The molecule has 3 N–H and O–H groups in total. The monoisotopic (exact) mass is 261 g/mol. The van der Waals surface area contributed by atoms with E-state index in [1.165, 1.54) is 0 Å². The molecule has 1 aliphatic carbocycles. The number of aliphatic carboxylic acids is 1. The van der Waals surface area contributed by atoms with Crippen LogP contribution in [0, 0.1) is 24.2 Å². The van der Waals surface area contributed by atoms with Crippen LogP contribution in [0.25, 0.3) is 0 Å². The van der Waals surface area contributed by atoms with E-state index in [4.69, 9.17) is 10.4 Å². The Balaban J connectivity index is 2.17. The number of aliphatic hydroxyl groups excluding tert-OH is 1. The van der Waals surface area contributed by atoms with Crippen molar-refractivity contribution in [1.82, 2.24) is 4.98 Å². The number of carbonyl (C=O) groups is 1. The fourth-order valence-electron chi connectivity index (χ4n) is 2.36. The molecule has 0 spiro atoms. The molecule has 100 valence electrons. The van der Waals surface area contributed by atoms with Gasteiger partial charge in [-0.25, -0.2) is 4.98 Å². The second-order valence-corrected chi connectivity index (χ2v) is 4.79. The normalized spacial score (nSPS) is 25.8. The number of nitriles is 1. The number of hydrogen-bond acceptors (Lipinski definition) is 5. The van der Waals surface area contributed by atoms with Gasteiger partial charge in [-0.1, -0.05) is 0 Å². The fraction of sp³-hybridized carbons (Fsp3) is 0.462. The van der Waals surface area contributed by atoms with Crippen molar-refractivity contribution < 1.29 is 15.0 Å². The van der Waals surface area contributed by atoms with Crippen LogP contribution in [-0.4, -0.2) is 33.3 Å². The highest BCUT2D eigenvalue weighted by Crippen LogP contribution is 2.29. The number of aromatic nitrogens is 1. The number of anilines is 1. The summed E-state index contributed by atoms with van der Waals surface area (Å²) >= 11 is 0. The summed E-state index contributed by atoms with van der Waals surface area (Å²) in [6.07, 6.45) is 1.39. The summed E-state index contributed by atoms with van der Waals surface area (Å²) < 4.78 is 0. The molecular weight excluding hydrogens is 246 g/mol. The first kappa shape index (κ1) is 13.3. The van der Waals surface area contributed by atoms with Gasteiger partial charge < -0.3 is 15.5 Å². The number of nitrogens with zero attached hydrogens (tertiary/aromatic N) is 2. The Morgan fingerprint density at radius 2 is 2.32 bits per heavy atom. The highest BCUT2D eigenvalue weighted by Gasteiger charge is 2.37. The van der Waals surface area contributed by atoms with Gasteiger partial charge in [0, 0.05) is 6.20 Å². The van der Waals surface area contributed by atoms with Gasteiger partial charge in [0.05, 0.1) is 23.6 Å². The minimum atomic E-state index is -0.902. The van der Waals surface area contributed by atoms with Crippen molar-refractivity contribution in [2.24, 2.45) is 5.92 Å². The van der Waals surface area contributed by atoms with E-state index < -0.39 is 18.0 Å². The molecule has 19 heavy (non-hydrogen) atoms. The number of carboxylic acids is 1. The Labute approximate surface area is 110 Å². The van der Waals surface area contributed by atoms with E-state index in [1.54, 1.807) is 19.2 Å². The van der Waals surface area contributed by atoms with Crippen molar-refractivity contribution in [1.29, 1.82) is 5.26 Å². The van der Waals surface area contributed by atoms with Crippen LogP contribution in [0.1, 0.15) is 24.0 Å². The van der Waals surface area contributed by atoms with Crippen molar-refractivity contribution in [3.8, 4) is 6.07 Å². The fourth-order valence-corrected chi connectivity index (χ4v) is 2.36. The van der Waals surface area contributed by atoms with E-state index in [9.17, 15) is 9.90 Å². The average molecular weight is 261 g/mol. The molecule has 1 fully saturated rings. The van der Waals surface area contributed by atoms with Crippen LogP contribution >= 0.6 is 0 Å². The van der Waals surface area contributed by atoms with Crippen molar-refractivity contribution in [3.05, 3.63) is 23.4 Å². The summed E-state index contributed by atoms with van der Waals surface area (Å²) in [5.41, 5.74) is 1.22. The van der Waals surface area contributed by atoms with E-state index in [2.05, 4.69) is 16.4 Å². The zero-order valence-electron chi connectivity index (χ0n) is 10.5. The lowest BCUT2D eigenvalue weighted by molar-refractivity contribution is -0.141. The Bertz CT molecular complexity index is 538. The number of carboxylic acid groups (broad SMARTS) is 1. The highest BCUT2D eigenvalue weighted by atomic mass is 16.4. The zero-order chi connectivity index (χ0) is 14.0. The molecule has 1 saturated carbocycles. The Hall–Kier alpha value is -2.13. The molecule has 3 atom stereocenters. The summed E-state index contributed by atoms with van der Waals surface area (Å²) in [4.78, 5) is 15.0. The van der Waals surface area contributed by atoms with Gasteiger partial charge in [0.15, 0.2) is 0 Å². The predicted octanol–water partition coefficient (Wildman–Crippen LogP) is 0.898. The predicted molar refractivity (Wildman–Crippen MR) is 67.5 cm³/mol. The number of aryl methyl sites for hydroxylation is 1. The van der Waals surface area contributed by atoms with Gasteiger partial charge in [0.25, 0.3) is 0 Å². The summed E-state index contributed by atoms with van der Waals surface area (Å²) in [6, 6.07) is 3.41. The van der Waals surface area contributed by atoms with Gasteiger partial charge in [-0.3, -0.25) is 4.79 Å². The molecule has 0 aliphatic heterocycles. The standard InChI is InChI=1S/C13H15N3O3/c1-7-2-3-15-12(9(7)6-14)16-10-4-8(13(18)19)5-11(10)17/h2-3,8,10-11,17H,4-5H2,1H3,(H,15,16)(H,18,19). The first-order valence-corrected chi connectivity index (χ1v) is 6.06. The van der Waals surface area contributed by atoms with Crippen LogP contribution < -0.4 is 5.32 Å². The maximum atomic E-state index is 10.9. The first-order chi connectivity index (χ1) is 9.02. The van der Waals surface area contributed by atoms with E-state index in [0.29, 0.717) is 17.8 Å². The number of nitrogens with one attached hydrogen (secondary N) is 1. The molecule has 3 unspecified atom stereocenters. The Morgan fingerprint density at radius 3 is 2.89 bits per heavy atom. The Kier molecular flexibility index (Phi) is 3.67.